The Morgan fingerprint density at radius 1 is 0.696 bits per heavy atom. The molecule has 4 unspecified atom stereocenters. The van der Waals surface area contributed by atoms with Crippen LogP contribution in [0.4, 0.5) is 0 Å². The Kier molecular flexibility index (Phi) is 13.0. The predicted molar refractivity (Wildman–Crippen MR) is 192 cm³/mol. The number of nitrogens with one attached hydrogen (secondary N) is 2. The normalized spacial score (nSPS) is 20.5. The van der Waals surface area contributed by atoms with E-state index < -0.39 is 0 Å². The fourth-order valence-electron chi connectivity index (χ4n) is 6.39. The molecule has 0 fully saturated rings. The maximum absolute atomic E-state index is 4.69. The number of benzene rings is 4. The van der Waals surface area contributed by atoms with Crippen molar-refractivity contribution in [1.29, 1.82) is 0 Å². The Balaban J connectivity index is 0.000000205. The van der Waals surface area contributed by atoms with E-state index in [2.05, 4.69) is 154 Å². The van der Waals surface area contributed by atoms with Gasteiger partial charge in [0.15, 0.2) is 0 Å². The largest absolute Gasteiger partial charge is 0.435 e. The topological polar surface area (TPSA) is 48.8 Å². The number of rotatable bonds is 6. The van der Waals surface area contributed by atoms with Gasteiger partial charge in [-0.05, 0) is 104 Å². The zero-order valence-electron chi connectivity index (χ0n) is 28.2. The van der Waals surface area contributed by atoms with E-state index in [4.69, 9.17) is 4.99 Å². The number of aryl methyl sites for hydroxylation is 2. The Bertz CT molecular complexity index is 1670. The molecule has 0 spiro atoms. The van der Waals surface area contributed by atoms with Crippen LogP contribution in [0.15, 0.2) is 119 Å². The van der Waals surface area contributed by atoms with E-state index in [1.165, 1.54) is 50.2 Å². The summed E-state index contributed by atoms with van der Waals surface area (Å²) in [7, 11) is 0. The Morgan fingerprint density at radius 3 is 1.67 bits per heavy atom. The van der Waals surface area contributed by atoms with Crippen molar-refractivity contribution in [3.63, 3.8) is 0 Å². The smallest absolute Gasteiger partial charge is 0.0967 e. The van der Waals surface area contributed by atoms with Crippen molar-refractivity contribution in [2.45, 2.75) is 66.6 Å². The maximum atomic E-state index is 4.69. The fourth-order valence-corrected chi connectivity index (χ4v) is 6.39. The van der Waals surface area contributed by atoms with Gasteiger partial charge >= 0.3 is 0 Å². The summed E-state index contributed by atoms with van der Waals surface area (Å²) in [6.45, 7) is 18.9. The molecule has 4 aromatic carbocycles. The van der Waals surface area contributed by atoms with Gasteiger partial charge in [0.05, 0.1) is 6.17 Å². The molecule has 5 heteroatoms. The van der Waals surface area contributed by atoms with Gasteiger partial charge in [0, 0.05) is 59.0 Å². The molecule has 0 aromatic heterocycles. The van der Waals surface area contributed by atoms with Crippen LogP contribution in [-0.4, -0.2) is 23.8 Å². The summed E-state index contributed by atoms with van der Waals surface area (Å²) in [6, 6.07) is 35.3. The van der Waals surface area contributed by atoms with Gasteiger partial charge in [0.2, 0.25) is 0 Å². The van der Waals surface area contributed by atoms with Crippen LogP contribution in [0.25, 0.3) is 22.3 Å². The van der Waals surface area contributed by atoms with E-state index in [1.54, 1.807) is 0 Å². The Hall–Kier alpha value is -3.05. The monoisotopic (exact) mass is 736 g/mol. The number of hydrogen-bond donors (Lipinski definition) is 2. The van der Waals surface area contributed by atoms with Crippen LogP contribution in [0, 0.1) is 73.5 Å². The molecular formula is C41H47N4Pr-. The number of amidine groups is 1. The quantitative estimate of drug-likeness (QED) is 0.194. The summed E-state index contributed by atoms with van der Waals surface area (Å²) in [5.74, 6) is 1.65. The zero-order valence-corrected chi connectivity index (χ0v) is 31.9. The second kappa shape index (κ2) is 16.7. The third kappa shape index (κ3) is 9.28. The van der Waals surface area contributed by atoms with Crippen LogP contribution < -0.4 is 10.6 Å². The summed E-state index contributed by atoms with van der Waals surface area (Å²) in [6.07, 6.45) is 2.21. The van der Waals surface area contributed by atoms with Crippen LogP contribution in [0.5, 0.6) is 0 Å². The molecule has 0 saturated heterocycles. The van der Waals surface area contributed by atoms with Crippen LogP contribution in [0.3, 0.4) is 0 Å². The van der Waals surface area contributed by atoms with Crippen molar-refractivity contribution in [2.75, 3.05) is 0 Å². The third-order valence-electron chi connectivity index (χ3n) is 9.01. The molecule has 4 nitrogen and oxygen atoms in total. The van der Waals surface area contributed by atoms with Gasteiger partial charge in [-0.25, -0.2) is 0 Å². The molecule has 1 radical (unpaired) electrons. The second-order valence-electron chi connectivity index (χ2n) is 12.6. The van der Waals surface area contributed by atoms with Crippen LogP contribution >= 0.6 is 0 Å². The minimum atomic E-state index is 0. The predicted octanol–water partition coefficient (Wildman–Crippen LogP) is 9.14. The summed E-state index contributed by atoms with van der Waals surface area (Å²) in [4.78, 5) is 9.05. The fraction of sp³-hybridized carbons (Fsp3) is 0.293. The van der Waals surface area contributed by atoms with Gasteiger partial charge in [-0.2, -0.15) is 0 Å². The van der Waals surface area contributed by atoms with Crippen molar-refractivity contribution in [3.05, 3.63) is 138 Å². The molecular weight excluding hydrogens is 689 g/mol. The van der Waals surface area contributed by atoms with Gasteiger partial charge in [-0.15, -0.1) is 6.54 Å². The first-order valence-corrected chi connectivity index (χ1v) is 16.1. The average molecular weight is 737 g/mol. The summed E-state index contributed by atoms with van der Waals surface area (Å²) >= 11 is 0. The molecule has 0 amide bonds. The number of aliphatic imine (C=N–C) groups is 2. The Labute approximate surface area is 309 Å². The molecule has 0 bridgehead atoms. The first kappa shape index (κ1) is 35.8. The molecule has 2 aliphatic heterocycles. The first-order chi connectivity index (χ1) is 21.7. The molecule has 2 heterocycles. The van der Waals surface area contributed by atoms with E-state index in [0.717, 1.165) is 24.4 Å². The van der Waals surface area contributed by atoms with Crippen molar-refractivity contribution >= 4 is 11.5 Å². The summed E-state index contributed by atoms with van der Waals surface area (Å²) in [5.41, 5.74) is 12.8. The summed E-state index contributed by atoms with van der Waals surface area (Å²) < 4.78 is 0. The van der Waals surface area contributed by atoms with Crippen molar-refractivity contribution in [1.82, 2.24) is 10.6 Å². The van der Waals surface area contributed by atoms with E-state index in [9.17, 15) is 0 Å². The van der Waals surface area contributed by atoms with E-state index in [1.807, 2.05) is 13.5 Å². The zero-order chi connectivity index (χ0) is 31.9. The molecule has 0 saturated carbocycles. The SMILES string of the molecule is C=C1NC(C)=N[CH-]C1Cc1ccc(-c2ccccc2C)cc1.CC1=NC(C)NC(C)C1Cc1ccc(-c2ccccc2C)cc1.[Pr]. The van der Waals surface area contributed by atoms with E-state index in [-0.39, 0.29) is 53.4 Å². The van der Waals surface area contributed by atoms with Gasteiger partial charge in [0.25, 0.3) is 0 Å². The summed E-state index contributed by atoms with van der Waals surface area (Å²) in [5, 5.41) is 6.76. The molecule has 2 aliphatic rings. The van der Waals surface area contributed by atoms with E-state index in [0.29, 0.717) is 12.0 Å². The first-order valence-electron chi connectivity index (χ1n) is 16.1. The van der Waals surface area contributed by atoms with Gasteiger partial charge in [-0.3, -0.25) is 10.3 Å². The minimum absolute atomic E-state index is 0. The Morgan fingerprint density at radius 2 is 1.20 bits per heavy atom. The average Bonchev–Trinajstić information content (AvgIpc) is 3.02. The van der Waals surface area contributed by atoms with Gasteiger partial charge in [0.1, 0.15) is 0 Å². The maximum Gasteiger partial charge on any atom is 0.0967 e. The minimum Gasteiger partial charge on any atom is -0.435 e. The van der Waals surface area contributed by atoms with Crippen molar-refractivity contribution in [3.8, 4) is 22.3 Å². The molecule has 4 aromatic rings. The van der Waals surface area contributed by atoms with Gasteiger partial charge < -0.3 is 10.3 Å². The molecule has 46 heavy (non-hydrogen) atoms. The number of hydrogen-bond acceptors (Lipinski definition) is 4. The van der Waals surface area contributed by atoms with Gasteiger partial charge in [-0.1, -0.05) is 116 Å². The standard InChI is InChI=1S/C21H26N2.C20H21N2.Pr/c1-14-7-5-6-8-20(14)19-11-9-18(10-12-19)13-21-15(2)22-17(4)23-16(21)3;1-14-6-4-5-7-20(14)18-10-8-17(9-11-18)12-19-13-21-16(3)22-15(19)2;/h5-12,15,17,21-22H,13H2,1-4H3;4-11,13,19H,2,12H2,1,3H3,(H,21,22);/q;-1;. The van der Waals surface area contributed by atoms with Crippen LogP contribution in [0.1, 0.15) is 49.9 Å². The third-order valence-corrected chi connectivity index (χ3v) is 9.01. The molecule has 4 atom stereocenters. The molecule has 6 rings (SSSR count). The van der Waals surface area contributed by atoms with Crippen LogP contribution in [0.2, 0.25) is 0 Å². The van der Waals surface area contributed by atoms with Crippen LogP contribution in [-0.2, 0) is 12.8 Å². The molecule has 2 N–H and O–H groups in total. The molecule has 0 aliphatic carbocycles. The molecule has 235 valence electrons. The van der Waals surface area contributed by atoms with Crippen molar-refractivity contribution in [2.24, 2.45) is 21.8 Å². The second-order valence-corrected chi connectivity index (χ2v) is 12.6. The van der Waals surface area contributed by atoms with E-state index >= 15 is 0 Å². The van der Waals surface area contributed by atoms with Crippen molar-refractivity contribution < 1.29 is 41.3 Å². The number of nitrogens with zero attached hydrogens (tertiary/aromatic N) is 2.